The quantitative estimate of drug-likeness (QED) is 0.845. The number of pyridine rings is 1. The van der Waals surface area contributed by atoms with Crippen LogP contribution in [0.15, 0.2) is 24.7 Å². The molecule has 2 aromatic rings. The lowest BCUT2D eigenvalue weighted by Gasteiger charge is -2.07. The lowest BCUT2D eigenvalue weighted by molar-refractivity contribution is 0.0690. The van der Waals surface area contributed by atoms with Crippen LogP contribution in [0.25, 0.3) is 0 Å². The van der Waals surface area contributed by atoms with Gasteiger partial charge >= 0.3 is 5.97 Å². The molecular formula is C12H14N4O3. The number of nitrogens with zero attached hydrogens (tertiary/aromatic N) is 4. The number of carbonyl (C=O) groups is 1. The third-order valence-electron chi connectivity index (χ3n) is 2.45. The van der Waals surface area contributed by atoms with Crippen molar-refractivity contribution in [2.75, 3.05) is 0 Å². The minimum Gasteiger partial charge on any atom is -0.484 e. The van der Waals surface area contributed by atoms with Crippen molar-refractivity contribution < 1.29 is 14.6 Å². The van der Waals surface area contributed by atoms with Crippen LogP contribution >= 0.6 is 0 Å². The van der Waals surface area contributed by atoms with Gasteiger partial charge in [-0.2, -0.15) is 5.10 Å². The summed E-state index contributed by atoms with van der Waals surface area (Å²) in [6, 6.07) is 2.96. The summed E-state index contributed by atoms with van der Waals surface area (Å²) in [5.74, 6) is 0.162. The first-order valence-corrected chi connectivity index (χ1v) is 5.89. The van der Waals surface area contributed by atoms with E-state index in [0.29, 0.717) is 5.75 Å². The van der Waals surface area contributed by atoms with Crippen LogP contribution in [0, 0.1) is 0 Å². The summed E-state index contributed by atoms with van der Waals surface area (Å²) in [5.41, 5.74) is -0.0125. The molecule has 100 valence electrons. The van der Waals surface area contributed by atoms with Crippen molar-refractivity contribution in [2.45, 2.75) is 26.5 Å². The summed E-state index contributed by atoms with van der Waals surface area (Å²) in [4.78, 5) is 18.5. The van der Waals surface area contributed by atoms with Gasteiger partial charge in [0.15, 0.2) is 5.82 Å². The summed E-state index contributed by atoms with van der Waals surface area (Å²) in [6.45, 7) is 3.11. The smallest absolute Gasteiger partial charge is 0.354 e. The van der Waals surface area contributed by atoms with Crippen molar-refractivity contribution in [3.8, 4) is 5.75 Å². The van der Waals surface area contributed by atoms with Gasteiger partial charge in [-0.3, -0.25) is 0 Å². The molecule has 1 N–H and O–H groups in total. The highest BCUT2D eigenvalue weighted by Gasteiger charge is 2.06. The molecule has 0 aromatic carbocycles. The van der Waals surface area contributed by atoms with E-state index in [9.17, 15) is 4.79 Å². The Morgan fingerprint density at radius 2 is 2.26 bits per heavy atom. The maximum absolute atomic E-state index is 10.6. The second-order valence-electron chi connectivity index (χ2n) is 3.87. The van der Waals surface area contributed by atoms with Crippen LogP contribution in [-0.4, -0.2) is 30.8 Å². The van der Waals surface area contributed by atoms with E-state index < -0.39 is 5.97 Å². The van der Waals surface area contributed by atoms with E-state index in [1.165, 1.54) is 18.6 Å². The van der Waals surface area contributed by atoms with E-state index in [1.54, 1.807) is 10.7 Å². The standard InChI is InChI=1S/C12H14N4O3/c1-2-5-16-11(14-8-15-16)7-19-9-3-4-10(12(17)18)13-6-9/h3-4,6,8H,2,5,7H2,1H3,(H,17,18). The van der Waals surface area contributed by atoms with E-state index in [0.717, 1.165) is 18.8 Å². The van der Waals surface area contributed by atoms with Gasteiger partial charge in [0.25, 0.3) is 0 Å². The highest BCUT2D eigenvalue weighted by Crippen LogP contribution is 2.11. The molecule has 7 nitrogen and oxygen atoms in total. The van der Waals surface area contributed by atoms with Crippen molar-refractivity contribution in [3.05, 3.63) is 36.2 Å². The first-order chi connectivity index (χ1) is 9.20. The fraction of sp³-hybridized carbons (Fsp3) is 0.333. The van der Waals surface area contributed by atoms with E-state index in [-0.39, 0.29) is 12.3 Å². The lowest BCUT2D eigenvalue weighted by atomic mass is 10.3. The van der Waals surface area contributed by atoms with Gasteiger partial charge in [-0.05, 0) is 18.6 Å². The number of aromatic nitrogens is 4. The second kappa shape index (κ2) is 5.94. The molecule has 0 bridgehead atoms. The number of ether oxygens (including phenoxy) is 1. The SMILES string of the molecule is CCCn1ncnc1COc1ccc(C(=O)O)nc1. The lowest BCUT2D eigenvalue weighted by Crippen LogP contribution is -2.08. The van der Waals surface area contributed by atoms with Crippen LogP contribution in [0.1, 0.15) is 29.7 Å². The van der Waals surface area contributed by atoms with Crippen LogP contribution < -0.4 is 4.74 Å². The van der Waals surface area contributed by atoms with Gasteiger partial charge in [0.05, 0.1) is 6.20 Å². The Labute approximate surface area is 109 Å². The summed E-state index contributed by atoms with van der Waals surface area (Å²) < 4.78 is 7.27. The number of hydrogen-bond acceptors (Lipinski definition) is 5. The first kappa shape index (κ1) is 13.0. The second-order valence-corrected chi connectivity index (χ2v) is 3.87. The summed E-state index contributed by atoms with van der Waals surface area (Å²) in [7, 11) is 0. The van der Waals surface area contributed by atoms with E-state index in [2.05, 4.69) is 22.0 Å². The van der Waals surface area contributed by atoms with Crippen LogP contribution in [0.3, 0.4) is 0 Å². The topological polar surface area (TPSA) is 90.1 Å². The molecule has 0 radical (unpaired) electrons. The molecule has 2 heterocycles. The molecule has 0 atom stereocenters. The molecule has 2 aromatic heterocycles. The van der Waals surface area contributed by atoms with Gasteiger partial charge < -0.3 is 9.84 Å². The Bertz CT molecular complexity index is 550. The molecule has 0 fully saturated rings. The fourth-order valence-corrected chi connectivity index (χ4v) is 1.54. The Morgan fingerprint density at radius 3 is 2.89 bits per heavy atom. The molecule has 7 heteroatoms. The normalized spacial score (nSPS) is 10.4. The fourth-order valence-electron chi connectivity index (χ4n) is 1.54. The van der Waals surface area contributed by atoms with Gasteiger partial charge in [0.2, 0.25) is 0 Å². The average molecular weight is 262 g/mol. The average Bonchev–Trinajstić information content (AvgIpc) is 2.85. The van der Waals surface area contributed by atoms with Crippen LogP contribution in [0.2, 0.25) is 0 Å². The number of aryl methyl sites for hydroxylation is 1. The molecule has 0 amide bonds. The maximum Gasteiger partial charge on any atom is 0.354 e. The van der Waals surface area contributed by atoms with Gasteiger partial charge in [-0.25, -0.2) is 19.4 Å². The Hall–Kier alpha value is -2.44. The van der Waals surface area contributed by atoms with E-state index >= 15 is 0 Å². The van der Waals surface area contributed by atoms with Crippen molar-refractivity contribution in [3.63, 3.8) is 0 Å². The summed E-state index contributed by atoms with van der Waals surface area (Å²) >= 11 is 0. The largest absolute Gasteiger partial charge is 0.484 e. The molecule has 0 spiro atoms. The zero-order chi connectivity index (χ0) is 13.7. The molecule has 0 aliphatic rings. The summed E-state index contributed by atoms with van der Waals surface area (Å²) in [5, 5.41) is 12.8. The Morgan fingerprint density at radius 1 is 1.42 bits per heavy atom. The first-order valence-electron chi connectivity index (χ1n) is 5.89. The number of carboxylic acids is 1. The van der Waals surface area contributed by atoms with Crippen LogP contribution in [0.4, 0.5) is 0 Å². The molecule has 0 saturated heterocycles. The molecule has 0 saturated carbocycles. The highest BCUT2D eigenvalue weighted by molar-refractivity contribution is 5.85. The van der Waals surface area contributed by atoms with Crippen molar-refractivity contribution in [1.82, 2.24) is 19.7 Å². The Kier molecular flexibility index (Phi) is 4.07. The van der Waals surface area contributed by atoms with Crippen LogP contribution in [-0.2, 0) is 13.2 Å². The molecule has 2 rings (SSSR count). The predicted molar refractivity (Wildman–Crippen MR) is 65.8 cm³/mol. The minimum absolute atomic E-state index is 0.0125. The Balaban J connectivity index is 1.98. The zero-order valence-corrected chi connectivity index (χ0v) is 10.5. The highest BCUT2D eigenvalue weighted by atomic mass is 16.5. The zero-order valence-electron chi connectivity index (χ0n) is 10.5. The molecule has 0 unspecified atom stereocenters. The number of rotatable bonds is 6. The maximum atomic E-state index is 10.6. The van der Waals surface area contributed by atoms with Crippen molar-refractivity contribution in [1.29, 1.82) is 0 Å². The van der Waals surface area contributed by atoms with E-state index in [4.69, 9.17) is 9.84 Å². The molecular weight excluding hydrogens is 248 g/mol. The van der Waals surface area contributed by atoms with Gasteiger partial charge in [0.1, 0.15) is 24.4 Å². The van der Waals surface area contributed by atoms with Crippen molar-refractivity contribution >= 4 is 5.97 Å². The summed E-state index contributed by atoms with van der Waals surface area (Å²) in [6.07, 6.45) is 3.83. The van der Waals surface area contributed by atoms with E-state index in [1.807, 2.05) is 0 Å². The third kappa shape index (κ3) is 3.27. The minimum atomic E-state index is -1.06. The monoisotopic (exact) mass is 262 g/mol. The molecule has 0 aliphatic heterocycles. The predicted octanol–water partition coefficient (Wildman–Crippen LogP) is 1.36. The number of hydrogen-bond donors (Lipinski definition) is 1. The van der Waals surface area contributed by atoms with Gasteiger partial charge in [0, 0.05) is 6.54 Å². The van der Waals surface area contributed by atoms with Crippen molar-refractivity contribution in [2.24, 2.45) is 0 Å². The van der Waals surface area contributed by atoms with Gasteiger partial charge in [-0.1, -0.05) is 6.92 Å². The molecule has 0 aliphatic carbocycles. The van der Waals surface area contributed by atoms with Crippen LogP contribution in [0.5, 0.6) is 5.75 Å². The molecule has 19 heavy (non-hydrogen) atoms. The third-order valence-corrected chi connectivity index (χ3v) is 2.45. The van der Waals surface area contributed by atoms with Gasteiger partial charge in [-0.15, -0.1) is 0 Å². The number of carboxylic acid groups (broad SMARTS) is 1. The number of aromatic carboxylic acids is 1.